The van der Waals surface area contributed by atoms with Crippen molar-refractivity contribution in [2.75, 3.05) is 18.5 Å². The van der Waals surface area contributed by atoms with Crippen molar-refractivity contribution in [1.82, 2.24) is 4.90 Å². The molecule has 11 heteroatoms. The van der Waals surface area contributed by atoms with Crippen molar-refractivity contribution in [3.8, 4) is 0 Å². The number of nitrogens with zero attached hydrogens (tertiary/aromatic N) is 2. The third-order valence-electron chi connectivity index (χ3n) is 4.20. The molecule has 0 saturated carbocycles. The second-order valence-electron chi connectivity index (χ2n) is 5.97. The number of rotatable bonds is 5. The second kappa shape index (κ2) is 8.07. The van der Waals surface area contributed by atoms with E-state index in [1.165, 1.54) is 30.4 Å². The molecular weight excluding hydrogens is 406 g/mol. The number of carbonyl (C=O) groups is 3. The van der Waals surface area contributed by atoms with Crippen LogP contribution in [0, 0.1) is 10.1 Å². The summed E-state index contributed by atoms with van der Waals surface area (Å²) in [5, 5.41) is 13.7. The Kier molecular flexibility index (Phi) is 5.75. The van der Waals surface area contributed by atoms with Crippen LogP contribution in [0.1, 0.15) is 44.3 Å². The van der Waals surface area contributed by atoms with Gasteiger partial charge in [-0.05, 0) is 25.0 Å². The van der Waals surface area contributed by atoms with Gasteiger partial charge < -0.3 is 15.0 Å². The number of hydrogen-bond acceptors (Lipinski definition) is 8. The van der Waals surface area contributed by atoms with Crippen LogP contribution in [-0.4, -0.2) is 40.8 Å². The van der Waals surface area contributed by atoms with Crippen LogP contribution >= 0.6 is 22.7 Å². The van der Waals surface area contributed by atoms with Gasteiger partial charge in [-0.3, -0.25) is 19.7 Å². The minimum Gasteiger partial charge on any atom is -0.462 e. The Morgan fingerprint density at radius 2 is 2.07 bits per heavy atom. The van der Waals surface area contributed by atoms with Crippen LogP contribution in [0.5, 0.6) is 0 Å². The SMILES string of the molecule is CCOC(=O)c1c(NC(=O)c2ccc([N+](=O)[O-])s2)sc2c1CCN(C(C)=O)C2. The Hall–Kier alpha value is -2.79. The maximum Gasteiger partial charge on any atom is 0.341 e. The van der Waals surface area contributed by atoms with Crippen LogP contribution < -0.4 is 5.32 Å². The fourth-order valence-corrected chi connectivity index (χ4v) is 4.85. The maximum atomic E-state index is 12.5. The molecule has 2 amide bonds. The predicted molar refractivity (Wildman–Crippen MR) is 104 cm³/mol. The Labute approximate surface area is 168 Å². The van der Waals surface area contributed by atoms with E-state index < -0.39 is 16.8 Å². The molecule has 0 spiro atoms. The van der Waals surface area contributed by atoms with Crippen molar-refractivity contribution in [1.29, 1.82) is 0 Å². The highest BCUT2D eigenvalue weighted by molar-refractivity contribution is 7.18. The predicted octanol–water partition coefficient (Wildman–Crippen LogP) is 3.05. The summed E-state index contributed by atoms with van der Waals surface area (Å²) in [7, 11) is 0. The van der Waals surface area contributed by atoms with Gasteiger partial charge in [0.25, 0.3) is 5.91 Å². The fraction of sp³-hybridized carbons (Fsp3) is 0.353. The number of carbonyl (C=O) groups excluding carboxylic acids is 3. The van der Waals surface area contributed by atoms with Gasteiger partial charge in [0.15, 0.2) is 0 Å². The Bertz CT molecular complexity index is 964. The van der Waals surface area contributed by atoms with Crippen molar-refractivity contribution >= 4 is 50.5 Å². The van der Waals surface area contributed by atoms with Crippen LogP contribution in [0.25, 0.3) is 0 Å². The molecule has 1 aliphatic heterocycles. The van der Waals surface area contributed by atoms with E-state index in [-0.39, 0.29) is 22.4 Å². The van der Waals surface area contributed by atoms with Crippen LogP contribution in [-0.2, 0) is 22.5 Å². The van der Waals surface area contributed by atoms with Crippen molar-refractivity contribution < 1.29 is 24.0 Å². The molecule has 0 aliphatic carbocycles. The van der Waals surface area contributed by atoms with Crippen molar-refractivity contribution in [2.24, 2.45) is 0 Å². The van der Waals surface area contributed by atoms with E-state index in [4.69, 9.17) is 4.74 Å². The first-order valence-electron chi connectivity index (χ1n) is 8.44. The molecular formula is C17H17N3O6S2. The van der Waals surface area contributed by atoms with Crippen molar-refractivity contribution in [3.05, 3.63) is 43.1 Å². The molecule has 2 aromatic heterocycles. The lowest BCUT2D eigenvalue weighted by molar-refractivity contribution is -0.380. The summed E-state index contributed by atoms with van der Waals surface area (Å²) in [4.78, 5) is 49.6. The minimum atomic E-state index is -0.564. The van der Waals surface area contributed by atoms with Gasteiger partial charge in [-0.2, -0.15) is 0 Å². The zero-order chi connectivity index (χ0) is 20.4. The number of ether oxygens (including phenoxy) is 1. The highest BCUT2D eigenvalue weighted by atomic mass is 32.1. The fourth-order valence-electron chi connectivity index (χ4n) is 2.89. The molecule has 1 N–H and O–H groups in total. The van der Waals surface area contributed by atoms with E-state index in [2.05, 4.69) is 5.32 Å². The maximum absolute atomic E-state index is 12.5. The summed E-state index contributed by atoms with van der Waals surface area (Å²) in [6.45, 7) is 4.21. The Morgan fingerprint density at radius 3 is 2.68 bits per heavy atom. The van der Waals surface area contributed by atoms with E-state index in [0.717, 1.165) is 21.8 Å². The first-order valence-corrected chi connectivity index (χ1v) is 10.1. The molecule has 1 aliphatic rings. The number of nitro groups is 1. The molecule has 9 nitrogen and oxygen atoms in total. The molecule has 0 radical (unpaired) electrons. The Balaban J connectivity index is 1.92. The minimum absolute atomic E-state index is 0.0618. The molecule has 0 bridgehead atoms. The normalized spacial score (nSPS) is 13.0. The number of fused-ring (bicyclic) bond motifs is 1. The average Bonchev–Trinajstić information content (AvgIpc) is 3.26. The summed E-state index contributed by atoms with van der Waals surface area (Å²) in [6, 6.07) is 2.63. The average molecular weight is 423 g/mol. The number of hydrogen-bond donors (Lipinski definition) is 1. The van der Waals surface area contributed by atoms with Crippen LogP contribution in [0.4, 0.5) is 10.0 Å². The van der Waals surface area contributed by atoms with Gasteiger partial charge in [0.2, 0.25) is 5.91 Å². The number of thiophene rings is 2. The lowest BCUT2D eigenvalue weighted by atomic mass is 10.0. The highest BCUT2D eigenvalue weighted by Gasteiger charge is 2.30. The zero-order valence-electron chi connectivity index (χ0n) is 15.1. The third-order valence-corrected chi connectivity index (χ3v) is 6.37. The topological polar surface area (TPSA) is 119 Å². The largest absolute Gasteiger partial charge is 0.462 e. The quantitative estimate of drug-likeness (QED) is 0.448. The van der Waals surface area contributed by atoms with E-state index in [1.54, 1.807) is 11.8 Å². The molecule has 0 saturated heterocycles. The number of esters is 1. The van der Waals surface area contributed by atoms with Crippen LogP contribution in [0.3, 0.4) is 0 Å². The summed E-state index contributed by atoms with van der Waals surface area (Å²) < 4.78 is 5.14. The zero-order valence-corrected chi connectivity index (χ0v) is 16.8. The second-order valence-corrected chi connectivity index (χ2v) is 8.14. The molecule has 28 heavy (non-hydrogen) atoms. The first-order chi connectivity index (χ1) is 13.3. The van der Waals surface area contributed by atoms with Crippen LogP contribution in [0.15, 0.2) is 12.1 Å². The van der Waals surface area contributed by atoms with E-state index in [1.807, 2.05) is 0 Å². The number of anilines is 1. The Morgan fingerprint density at radius 1 is 1.32 bits per heavy atom. The van der Waals surface area contributed by atoms with Gasteiger partial charge in [0.05, 0.1) is 28.5 Å². The van der Waals surface area contributed by atoms with E-state index in [0.29, 0.717) is 30.1 Å². The van der Waals surface area contributed by atoms with Gasteiger partial charge in [-0.15, -0.1) is 11.3 Å². The number of amides is 2. The molecule has 148 valence electrons. The molecule has 0 aromatic carbocycles. The lowest BCUT2D eigenvalue weighted by Gasteiger charge is -2.25. The third kappa shape index (κ3) is 3.90. The van der Waals surface area contributed by atoms with Gasteiger partial charge in [-0.1, -0.05) is 11.3 Å². The van der Waals surface area contributed by atoms with Crippen molar-refractivity contribution in [2.45, 2.75) is 26.8 Å². The molecule has 0 unspecified atom stereocenters. The van der Waals surface area contributed by atoms with Crippen LogP contribution in [0.2, 0.25) is 0 Å². The summed E-state index contributed by atoms with van der Waals surface area (Å²) in [5.74, 6) is -1.14. The monoisotopic (exact) mass is 423 g/mol. The number of nitrogens with one attached hydrogen (secondary N) is 1. The summed E-state index contributed by atoms with van der Waals surface area (Å²) in [6.07, 6.45) is 0.486. The van der Waals surface area contributed by atoms with Gasteiger partial charge in [0.1, 0.15) is 5.00 Å². The van der Waals surface area contributed by atoms with Gasteiger partial charge in [-0.25, -0.2) is 4.79 Å². The molecule has 2 aromatic rings. The highest BCUT2D eigenvalue weighted by Crippen LogP contribution is 2.38. The van der Waals surface area contributed by atoms with E-state index >= 15 is 0 Å². The van der Waals surface area contributed by atoms with Gasteiger partial charge in [0, 0.05) is 24.4 Å². The first kappa shape index (κ1) is 20.0. The summed E-state index contributed by atoms with van der Waals surface area (Å²) >= 11 is 1.97. The summed E-state index contributed by atoms with van der Waals surface area (Å²) in [5.41, 5.74) is 1.07. The standard InChI is InChI=1S/C17H17N3O6S2/c1-3-26-17(23)14-10-6-7-19(9(2)21)8-12(10)28-16(14)18-15(22)11-4-5-13(27-11)20(24)25/h4-5H,3,6-8H2,1-2H3,(H,18,22). The van der Waals surface area contributed by atoms with E-state index in [9.17, 15) is 24.5 Å². The smallest absolute Gasteiger partial charge is 0.341 e. The van der Waals surface area contributed by atoms with Gasteiger partial charge >= 0.3 is 11.0 Å². The molecule has 3 rings (SSSR count). The molecule has 0 atom stereocenters. The molecule has 0 fully saturated rings. The molecule has 3 heterocycles. The van der Waals surface area contributed by atoms with Crippen molar-refractivity contribution in [3.63, 3.8) is 0 Å². The lowest BCUT2D eigenvalue weighted by Crippen LogP contribution is -2.34.